The summed E-state index contributed by atoms with van der Waals surface area (Å²) in [7, 11) is -1.94. The predicted octanol–water partition coefficient (Wildman–Crippen LogP) is 2.85. The minimum Gasteiger partial charge on any atom is -0.370 e. The molecule has 1 aliphatic rings. The van der Waals surface area contributed by atoms with Crippen molar-refractivity contribution >= 4 is 21.5 Å². The fourth-order valence-electron chi connectivity index (χ4n) is 4.29. The largest absolute Gasteiger partial charge is 0.370 e. The van der Waals surface area contributed by atoms with Crippen LogP contribution in [0.15, 0.2) is 53.6 Å². The maximum Gasteiger partial charge on any atom is 0.263 e. The molecule has 2 aromatic heterocycles. The Morgan fingerprint density at radius 1 is 0.971 bits per heavy atom. The maximum absolute atomic E-state index is 12.8. The van der Waals surface area contributed by atoms with E-state index in [-0.39, 0.29) is 4.90 Å². The average Bonchev–Trinajstić information content (AvgIpc) is 3.09. The minimum absolute atomic E-state index is 0.124. The second-order valence-corrected chi connectivity index (χ2v) is 10.7. The van der Waals surface area contributed by atoms with Crippen LogP contribution in [0.2, 0.25) is 0 Å². The van der Waals surface area contributed by atoms with Crippen molar-refractivity contribution in [1.82, 2.24) is 24.6 Å². The average molecular weight is 498 g/mol. The predicted molar refractivity (Wildman–Crippen MR) is 139 cm³/mol. The molecule has 1 aromatic carbocycles. The Balaban J connectivity index is 1.19. The summed E-state index contributed by atoms with van der Waals surface area (Å²) in [6, 6.07) is 13.9. The van der Waals surface area contributed by atoms with Gasteiger partial charge in [-0.2, -0.15) is 5.10 Å². The third-order valence-electron chi connectivity index (χ3n) is 6.46. The summed E-state index contributed by atoms with van der Waals surface area (Å²) < 4.78 is 29.8. The smallest absolute Gasteiger partial charge is 0.263 e. The SMILES string of the molecule is Cc1nn(C)c(C)c1NS(=O)(=O)c1ccc(NCCCN2CCN(Cc3ccccc3)CC2)nc1. The van der Waals surface area contributed by atoms with E-state index in [9.17, 15) is 8.42 Å². The summed E-state index contributed by atoms with van der Waals surface area (Å²) in [6.45, 7) is 10.8. The van der Waals surface area contributed by atoms with Crippen LogP contribution in [0.25, 0.3) is 0 Å². The van der Waals surface area contributed by atoms with Gasteiger partial charge in [0, 0.05) is 52.5 Å². The molecule has 3 heterocycles. The van der Waals surface area contributed by atoms with Crippen LogP contribution in [-0.4, -0.2) is 72.3 Å². The Labute approximate surface area is 208 Å². The Morgan fingerprint density at radius 2 is 1.69 bits per heavy atom. The van der Waals surface area contributed by atoms with Crippen molar-refractivity contribution in [1.29, 1.82) is 0 Å². The molecule has 1 aliphatic heterocycles. The van der Waals surface area contributed by atoms with E-state index >= 15 is 0 Å². The van der Waals surface area contributed by atoms with Crippen molar-refractivity contribution in [2.24, 2.45) is 7.05 Å². The lowest BCUT2D eigenvalue weighted by Gasteiger charge is -2.34. The fourth-order valence-corrected chi connectivity index (χ4v) is 5.41. The van der Waals surface area contributed by atoms with Gasteiger partial charge in [-0.15, -0.1) is 0 Å². The van der Waals surface area contributed by atoms with Crippen molar-refractivity contribution in [2.75, 3.05) is 49.3 Å². The van der Waals surface area contributed by atoms with Crippen LogP contribution in [-0.2, 0) is 23.6 Å². The Kier molecular flexibility index (Phi) is 8.04. The van der Waals surface area contributed by atoms with E-state index in [1.54, 1.807) is 30.8 Å². The zero-order valence-corrected chi connectivity index (χ0v) is 21.6. The zero-order valence-electron chi connectivity index (χ0n) is 20.7. The van der Waals surface area contributed by atoms with Gasteiger partial charge in [0.2, 0.25) is 0 Å². The normalized spacial score (nSPS) is 15.3. The van der Waals surface area contributed by atoms with Gasteiger partial charge in [-0.25, -0.2) is 13.4 Å². The van der Waals surface area contributed by atoms with E-state index in [2.05, 4.69) is 60.3 Å². The van der Waals surface area contributed by atoms with Crippen LogP contribution >= 0.6 is 0 Å². The highest BCUT2D eigenvalue weighted by molar-refractivity contribution is 7.92. The summed E-state index contributed by atoms with van der Waals surface area (Å²) in [6.07, 6.45) is 2.39. The number of rotatable bonds is 10. The van der Waals surface area contributed by atoms with Gasteiger partial charge in [0.25, 0.3) is 10.0 Å². The standard InChI is InChI=1S/C25H35N7O2S/c1-20-25(21(2)30(3)28-20)29-35(33,34)23-10-11-24(27-18-23)26-12-7-13-31-14-16-32(17-15-31)19-22-8-5-4-6-9-22/h4-6,8-11,18,29H,7,12-17,19H2,1-3H3,(H,26,27). The number of pyridine rings is 1. The number of piperazine rings is 1. The molecule has 9 nitrogen and oxygen atoms in total. The molecule has 4 rings (SSSR count). The molecule has 0 amide bonds. The van der Waals surface area contributed by atoms with Crippen molar-refractivity contribution in [2.45, 2.75) is 31.7 Å². The van der Waals surface area contributed by atoms with Gasteiger partial charge in [0.15, 0.2) is 0 Å². The van der Waals surface area contributed by atoms with Gasteiger partial charge < -0.3 is 10.2 Å². The molecule has 3 aromatic rings. The van der Waals surface area contributed by atoms with Crippen molar-refractivity contribution < 1.29 is 8.42 Å². The second kappa shape index (κ2) is 11.2. The first-order chi connectivity index (χ1) is 16.8. The first-order valence-electron chi connectivity index (χ1n) is 12.0. The number of aromatic nitrogens is 3. The fraction of sp³-hybridized carbons (Fsp3) is 0.440. The Hall–Kier alpha value is -2.95. The Bertz CT molecular complexity index is 1200. The molecule has 10 heteroatoms. The first kappa shape index (κ1) is 25.2. The topological polar surface area (TPSA) is 95.4 Å². The van der Waals surface area contributed by atoms with E-state index in [4.69, 9.17) is 0 Å². The molecule has 0 bridgehead atoms. The summed E-state index contributed by atoms with van der Waals surface area (Å²) in [4.78, 5) is 9.43. The van der Waals surface area contributed by atoms with Gasteiger partial charge in [-0.05, 0) is 44.5 Å². The quantitative estimate of drug-likeness (QED) is 0.416. The molecule has 0 atom stereocenters. The highest BCUT2D eigenvalue weighted by atomic mass is 32.2. The van der Waals surface area contributed by atoms with E-state index < -0.39 is 10.0 Å². The monoisotopic (exact) mass is 497 g/mol. The van der Waals surface area contributed by atoms with Crippen LogP contribution in [0.1, 0.15) is 23.4 Å². The molecule has 1 fully saturated rings. The van der Waals surface area contributed by atoms with Gasteiger partial charge in [-0.1, -0.05) is 30.3 Å². The number of sulfonamides is 1. The highest BCUT2D eigenvalue weighted by Crippen LogP contribution is 2.22. The van der Waals surface area contributed by atoms with Crippen molar-refractivity contribution in [3.63, 3.8) is 0 Å². The molecule has 0 aliphatic carbocycles. The number of anilines is 2. The molecule has 0 radical (unpaired) electrons. The number of hydrogen-bond donors (Lipinski definition) is 2. The summed E-state index contributed by atoms with van der Waals surface area (Å²) in [5.41, 5.74) is 3.28. The number of aryl methyl sites for hydroxylation is 2. The third-order valence-corrected chi connectivity index (χ3v) is 7.80. The maximum atomic E-state index is 12.8. The number of nitrogens with one attached hydrogen (secondary N) is 2. The molecule has 0 saturated carbocycles. The van der Waals surface area contributed by atoms with Crippen molar-refractivity contribution in [3.8, 4) is 0 Å². The van der Waals surface area contributed by atoms with Gasteiger partial charge in [0.1, 0.15) is 10.7 Å². The Morgan fingerprint density at radius 3 is 2.31 bits per heavy atom. The van der Waals surface area contributed by atoms with Gasteiger partial charge in [-0.3, -0.25) is 14.3 Å². The number of hydrogen-bond acceptors (Lipinski definition) is 7. The lowest BCUT2D eigenvalue weighted by Crippen LogP contribution is -2.46. The molecule has 0 spiro atoms. The molecule has 188 valence electrons. The van der Waals surface area contributed by atoms with E-state index in [0.29, 0.717) is 17.2 Å². The highest BCUT2D eigenvalue weighted by Gasteiger charge is 2.20. The zero-order chi connectivity index (χ0) is 24.8. The number of nitrogens with zero attached hydrogens (tertiary/aromatic N) is 5. The minimum atomic E-state index is -3.73. The van der Waals surface area contributed by atoms with Crippen LogP contribution in [0, 0.1) is 13.8 Å². The second-order valence-electron chi connectivity index (χ2n) is 9.04. The van der Waals surface area contributed by atoms with Crippen LogP contribution < -0.4 is 10.0 Å². The van der Waals surface area contributed by atoms with E-state index in [1.165, 1.54) is 11.8 Å². The summed E-state index contributed by atoms with van der Waals surface area (Å²) in [5, 5.41) is 7.56. The van der Waals surface area contributed by atoms with Gasteiger partial charge in [0.05, 0.1) is 17.1 Å². The lowest BCUT2D eigenvalue weighted by atomic mass is 10.2. The molecular formula is C25H35N7O2S. The van der Waals surface area contributed by atoms with Crippen LogP contribution in [0.5, 0.6) is 0 Å². The molecule has 1 saturated heterocycles. The third kappa shape index (κ3) is 6.59. The lowest BCUT2D eigenvalue weighted by molar-refractivity contribution is 0.127. The van der Waals surface area contributed by atoms with E-state index in [0.717, 1.165) is 57.9 Å². The molecule has 35 heavy (non-hydrogen) atoms. The molecule has 0 unspecified atom stereocenters. The summed E-state index contributed by atoms with van der Waals surface area (Å²) in [5.74, 6) is 0.672. The molecular weight excluding hydrogens is 462 g/mol. The van der Waals surface area contributed by atoms with Crippen LogP contribution in [0.4, 0.5) is 11.5 Å². The first-order valence-corrected chi connectivity index (χ1v) is 13.5. The van der Waals surface area contributed by atoms with Crippen molar-refractivity contribution in [3.05, 3.63) is 65.6 Å². The van der Waals surface area contributed by atoms with Crippen LogP contribution in [0.3, 0.4) is 0 Å². The summed E-state index contributed by atoms with van der Waals surface area (Å²) >= 11 is 0. The van der Waals surface area contributed by atoms with E-state index in [1.807, 2.05) is 6.92 Å². The van der Waals surface area contributed by atoms with Gasteiger partial charge >= 0.3 is 0 Å². The number of benzene rings is 1. The molecule has 2 N–H and O–H groups in total.